The molecule has 0 spiro atoms. The van der Waals surface area contributed by atoms with Gasteiger partial charge in [0.05, 0.1) is 23.9 Å². The van der Waals surface area contributed by atoms with Crippen LogP contribution in [0.3, 0.4) is 0 Å². The van der Waals surface area contributed by atoms with Crippen molar-refractivity contribution in [2.24, 2.45) is 5.92 Å². The quantitative estimate of drug-likeness (QED) is 0.681. The summed E-state index contributed by atoms with van der Waals surface area (Å²) in [6.45, 7) is 2.23. The number of pyridine rings is 1. The van der Waals surface area contributed by atoms with Crippen LogP contribution >= 0.6 is 0 Å². The number of para-hydroxylation sites is 1. The summed E-state index contributed by atoms with van der Waals surface area (Å²) in [5.41, 5.74) is 3.28. The molecule has 1 amide bonds. The lowest BCUT2D eigenvalue weighted by molar-refractivity contribution is 0.0912. The molecule has 0 saturated heterocycles. The highest BCUT2D eigenvalue weighted by Crippen LogP contribution is 2.28. The second-order valence-corrected chi connectivity index (χ2v) is 7.64. The van der Waals surface area contributed by atoms with Crippen LogP contribution < -0.4 is 10.1 Å². The Labute approximate surface area is 165 Å². The minimum absolute atomic E-state index is 0.00730. The van der Waals surface area contributed by atoms with Crippen molar-refractivity contribution in [2.45, 2.75) is 38.6 Å². The smallest absolute Gasteiger partial charge is 0.252 e. The molecule has 1 N–H and O–H groups in total. The van der Waals surface area contributed by atoms with Crippen LogP contribution in [0.15, 0.2) is 54.6 Å². The number of aromatic nitrogens is 1. The average Bonchev–Trinajstić information content (AvgIpc) is 2.74. The van der Waals surface area contributed by atoms with Gasteiger partial charge in [0.2, 0.25) is 0 Å². The van der Waals surface area contributed by atoms with Gasteiger partial charge in [-0.15, -0.1) is 0 Å². The summed E-state index contributed by atoms with van der Waals surface area (Å²) < 4.78 is 5.25. The Hall–Kier alpha value is -2.88. The zero-order valence-electron chi connectivity index (χ0n) is 16.4. The largest absolute Gasteiger partial charge is 0.497 e. The molecule has 1 aliphatic carbocycles. The van der Waals surface area contributed by atoms with Crippen molar-refractivity contribution in [1.29, 1.82) is 0 Å². The van der Waals surface area contributed by atoms with Crippen molar-refractivity contribution in [3.05, 3.63) is 60.2 Å². The van der Waals surface area contributed by atoms with Gasteiger partial charge in [0, 0.05) is 17.0 Å². The number of amides is 1. The lowest BCUT2D eigenvalue weighted by Crippen LogP contribution is -2.41. The Morgan fingerprint density at radius 3 is 2.57 bits per heavy atom. The average molecular weight is 374 g/mol. The van der Waals surface area contributed by atoms with E-state index in [0.29, 0.717) is 11.5 Å². The summed E-state index contributed by atoms with van der Waals surface area (Å²) in [6.07, 6.45) is 4.68. The van der Waals surface area contributed by atoms with Crippen molar-refractivity contribution in [2.75, 3.05) is 7.11 Å². The molecule has 1 aromatic heterocycles. The Kier molecular flexibility index (Phi) is 5.29. The first-order valence-electron chi connectivity index (χ1n) is 10.0. The number of methoxy groups -OCH3 is 1. The molecule has 28 heavy (non-hydrogen) atoms. The minimum atomic E-state index is -0.00730. The van der Waals surface area contributed by atoms with Crippen molar-refractivity contribution in [3.8, 4) is 17.0 Å². The van der Waals surface area contributed by atoms with Crippen LogP contribution in [0.1, 0.15) is 43.0 Å². The fourth-order valence-corrected chi connectivity index (χ4v) is 4.05. The fourth-order valence-electron chi connectivity index (χ4n) is 4.05. The minimum Gasteiger partial charge on any atom is -0.497 e. The maximum absolute atomic E-state index is 13.2. The molecule has 3 aromatic rings. The number of carbonyl (C=O) groups excluding carboxylic acids is 1. The topological polar surface area (TPSA) is 51.2 Å². The lowest BCUT2D eigenvalue weighted by Gasteiger charge is -2.29. The number of fused-ring (bicyclic) bond motifs is 1. The number of nitrogens with zero attached hydrogens (tertiary/aromatic N) is 1. The van der Waals surface area contributed by atoms with Crippen LogP contribution in [-0.2, 0) is 0 Å². The van der Waals surface area contributed by atoms with E-state index in [4.69, 9.17) is 9.72 Å². The first-order chi connectivity index (χ1) is 13.7. The van der Waals surface area contributed by atoms with Crippen molar-refractivity contribution in [1.82, 2.24) is 10.3 Å². The molecular formula is C24H26N2O2. The Morgan fingerprint density at radius 2 is 1.82 bits per heavy atom. The van der Waals surface area contributed by atoms with Crippen LogP contribution in [0.2, 0.25) is 0 Å². The van der Waals surface area contributed by atoms with Crippen LogP contribution in [-0.4, -0.2) is 24.0 Å². The standard InChI is InChI=1S/C24H26N2O2/c1-16-7-3-5-9-21(16)26-24(27)20-15-23(17-11-13-18(28-2)14-12-17)25-22-10-6-4-8-19(20)22/h4,6,8,10-16,21H,3,5,7,9H2,1-2H3,(H,26,27)/t16-,21+/m0/s1. The van der Waals surface area contributed by atoms with E-state index in [1.807, 2.05) is 54.6 Å². The van der Waals surface area contributed by atoms with Gasteiger partial charge in [-0.3, -0.25) is 4.79 Å². The van der Waals surface area contributed by atoms with Gasteiger partial charge in [-0.1, -0.05) is 38.0 Å². The molecule has 1 heterocycles. The third-order valence-corrected chi connectivity index (χ3v) is 5.77. The van der Waals surface area contributed by atoms with Gasteiger partial charge in [-0.25, -0.2) is 4.98 Å². The molecule has 1 saturated carbocycles. The van der Waals surface area contributed by atoms with Gasteiger partial charge >= 0.3 is 0 Å². The van der Waals surface area contributed by atoms with E-state index < -0.39 is 0 Å². The van der Waals surface area contributed by atoms with E-state index in [1.165, 1.54) is 19.3 Å². The SMILES string of the molecule is COc1ccc(-c2cc(C(=O)N[C@@H]3CCCC[C@@H]3C)c3ccccc3n2)cc1. The Morgan fingerprint density at radius 1 is 1.07 bits per heavy atom. The van der Waals surface area contributed by atoms with E-state index in [0.717, 1.165) is 34.3 Å². The van der Waals surface area contributed by atoms with Gasteiger partial charge in [-0.2, -0.15) is 0 Å². The van der Waals surface area contributed by atoms with Crippen molar-refractivity contribution < 1.29 is 9.53 Å². The molecule has 144 valence electrons. The summed E-state index contributed by atoms with van der Waals surface area (Å²) in [7, 11) is 1.65. The summed E-state index contributed by atoms with van der Waals surface area (Å²) in [5.74, 6) is 1.31. The highest BCUT2D eigenvalue weighted by Gasteiger charge is 2.24. The second-order valence-electron chi connectivity index (χ2n) is 7.64. The molecule has 0 aliphatic heterocycles. The third-order valence-electron chi connectivity index (χ3n) is 5.77. The normalized spacial score (nSPS) is 19.4. The number of ether oxygens (including phenoxy) is 1. The maximum atomic E-state index is 13.2. The van der Waals surface area contributed by atoms with Crippen LogP contribution in [0.25, 0.3) is 22.2 Å². The number of benzene rings is 2. The number of rotatable bonds is 4. The van der Waals surface area contributed by atoms with Gasteiger partial charge in [0.1, 0.15) is 5.75 Å². The maximum Gasteiger partial charge on any atom is 0.252 e. The molecule has 2 atom stereocenters. The van der Waals surface area contributed by atoms with E-state index in [-0.39, 0.29) is 11.9 Å². The van der Waals surface area contributed by atoms with Crippen molar-refractivity contribution >= 4 is 16.8 Å². The molecule has 0 bridgehead atoms. The van der Waals surface area contributed by atoms with Crippen LogP contribution in [0.4, 0.5) is 0 Å². The molecule has 4 heteroatoms. The second kappa shape index (κ2) is 8.01. The summed E-state index contributed by atoms with van der Waals surface area (Å²) in [6, 6.07) is 17.8. The Bertz CT molecular complexity index is 982. The van der Waals surface area contributed by atoms with Gasteiger partial charge in [0.15, 0.2) is 0 Å². The zero-order valence-corrected chi connectivity index (χ0v) is 16.4. The predicted octanol–water partition coefficient (Wildman–Crippen LogP) is 5.22. The van der Waals surface area contributed by atoms with Gasteiger partial charge < -0.3 is 10.1 Å². The summed E-state index contributed by atoms with van der Waals surface area (Å²) in [4.78, 5) is 18.0. The third kappa shape index (κ3) is 3.72. The molecule has 2 aromatic carbocycles. The molecule has 0 unspecified atom stereocenters. The van der Waals surface area contributed by atoms with E-state index in [1.54, 1.807) is 7.11 Å². The Balaban J connectivity index is 1.72. The fraction of sp³-hybridized carbons (Fsp3) is 0.333. The summed E-state index contributed by atoms with van der Waals surface area (Å²) in [5, 5.41) is 4.18. The molecule has 1 aliphatic rings. The predicted molar refractivity (Wildman–Crippen MR) is 113 cm³/mol. The number of hydrogen-bond acceptors (Lipinski definition) is 3. The lowest BCUT2D eigenvalue weighted by atomic mass is 9.85. The van der Waals surface area contributed by atoms with E-state index in [9.17, 15) is 4.79 Å². The monoisotopic (exact) mass is 374 g/mol. The van der Waals surface area contributed by atoms with Gasteiger partial charge in [0.25, 0.3) is 5.91 Å². The zero-order chi connectivity index (χ0) is 19.5. The molecule has 0 radical (unpaired) electrons. The van der Waals surface area contributed by atoms with Crippen molar-refractivity contribution in [3.63, 3.8) is 0 Å². The molecule has 1 fully saturated rings. The van der Waals surface area contributed by atoms with E-state index >= 15 is 0 Å². The van der Waals surface area contributed by atoms with Gasteiger partial charge in [-0.05, 0) is 55.2 Å². The van der Waals surface area contributed by atoms with Crippen LogP contribution in [0, 0.1) is 5.92 Å². The molecular weight excluding hydrogens is 348 g/mol. The first-order valence-corrected chi connectivity index (χ1v) is 10.0. The van der Waals surface area contributed by atoms with E-state index in [2.05, 4.69) is 12.2 Å². The molecule has 4 nitrogen and oxygen atoms in total. The summed E-state index contributed by atoms with van der Waals surface area (Å²) >= 11 is 0. The highest BCUT2D eigenvalue weighted by atomic mass is 16.5. The van der Waals surface area contributed by atoms with Crippen LogP contribution in [0.5, 0.6) is 5.75 Å². The number of hydrogen-bond donors (Lipinski definition) is 1. The first kappa shape index (κ1) is 18.5. The highest BCUT2D eigenvalue weighted by molar-refractivity contribution is 6.07. The number of nitrogens with one attached hydrogen (secondary N) is 1. The molecule has 4 rings (SSSR count). The number of carbonyl (C=O) groups is 1.